The van der Waals surface area contributed by atoms with Crippen LogP contribution in [0.4, 0.5) is 4.79 Å². The van der Waals surface area contributed by atoms with Gasteiger partial charge in [-0.05, 0) is 46.5 Å². The Labute approximate surface area is 138 Å². The number of alkyl carbamates (subject to hydrolysis) is 1. The van der Waals surface area contributed by atoms with E-state index in [0.717, 1.165) is 24.9 Å². The Morgan fingerprint density at radius 1 is 1.22 bits per heavy atom. The molecule has 0 radical (unpaired) electrons. The first-order valence-corrected chi connectivity index (χ1v) is 7.81. The molecule has 0 aromatic heterocycles. The zero-order valence-corrected chi connectivity index (χ0v) is 14.4. The molecule has 2 N–H and O–H groups in total. The fraction of sp³-hybridized carbons (Fsp3) is 0.529. The number of benzene rings is 1. The van der Waals surface area contributed by atoms with E-state index in [2.05, 4.69) is 15.5 Å². The number of carbonyl (C=O) groups is 2. The summed E-state index contributed by atoms with van der Waals surface area (Å²) in [5.41, 5.74) is 2.21. The Morgan fingerprint density at radius 3 is 2.61 bits per heavy atom. The van der Waals surface area contributed by atoms with Crippen LogP contribution >= 0.6 is 0 Å². The Morgan fingerprint density at radius 2 is 1.96 bits per heavy atom. The Bertz CT molecular complexity index is 530. The van der Waals surface area contributed by atoms with Crippen LogP contribution in [-0.4, -0.2) is 51.1 Å². The van der Waals surface area contributed by atoms with E-state index in [1.165, 1.54) is 0 Å². The van der Waals surface area contributed by atoms with Crippen LogP contribution in [0.25, 0.3) is 0 Å². The van der Waals surface area contributed by atoms with E-state index >= 15 is 0 Å². The van der Waals surface area contributed by atoms with Crippen molar-refractivity contribution in [3.63, 3.8) is 0 Å². The summed E-state index contributed by atoms with van der Waals surface area (Å²) in [6.45, 7) is 3.57. The molecule has 0 saturated heterocycles. The van der Waals surface area contributed by atoms with E-state index in [4.69, 9.17) is 4.74 Å². The van der Waals surface area contributed by atoms with Gasteiger partial charge in [0.25, 0.3) is 5.91 Å². The third-order valence-corrected chi connectivity index (χ3v) is 3.40. The summed E-state index contributed by atoms with van der Waals surface area (Å²) in [7, 11) is 5.62. The number of nitrogens with one attached hydrogen (secondary N) is 2. The minimum atomic E-state index is -0.460. The molecule has 128 valence electrons. The summed E-state index contributed by atoms with van der Waals surface area (Å²) in [5.74, 6) is -0.184. The molecule has 0 fully saturated rings. The van der Waals surface area contributed by atoms with Crippen molar-refractivity contribution in [2.75, 3.05) is 34.2 Å². The van der Waals surface area contributed by atoms with Gasteiger partial charge < -0.3 is 20.3 Å². The van der Waals surface area contributed by atoms with Crippen LogP contribution in [0.1, 0.15) is 34.3 Å². The highest BCUT2D eigenvalue weighted by Crippen LogP contribution is 2.13. The van der Waals surface area contributed by atoms with Gasteiger partial charge in [-0.1, -0.05) is 17.7 Å². The minimum Gasteiger partial charge on any atom is -0.445 e. The molecule has 0 saturated carbocycles. The summed E-state index contributed by atoms with van der Waals surface area (Å²) in [6.07, 6.45) is 1.46. The predicted octanol–water partition coefficient (Wildman–Crippen LogP) is 1.92. The molecular weight excluding hydrogens is 294 g/mol. The van der Waals surface area contributed by atoms with E-state index in [1.807, 2.05) is 33.2 Å². The van der Waals surface area contributed by atoms with E-state index in [0.29, 0.717) is 17.7 Å². The summed E-state index contributed by atoms with van der Waals surface area (Å²) < 4.78 is 5.19. The number of aryl methyl sites for hydroxylation is 1. The smallest absolute Gasteiger partial charge is 0.407 e. The Hall–Kier alpha value is -2.08. The SMILES string of the molecule is CNC(=O)c1cc(C)ccc1COC(=O)NCCCCN(C)C. The van der Waals surface area contributed by atoms with Crippen LogP contribution in [0.5, 0.6) is 0 Å². The standard InChI is InChI=1S/C17H27N3O3/c1-13-7-8-14(15(11-13)16(21)18-2)12-23-17(22)19-9-5-6-10-20(3)4/h7-8,11H,5-6,9-10,12H2,1-4H3,(H,18,21)(H,19,22). The molecule has 0 aliphatic heterocycles. The summed E-state index contributed by atoms with van der Waals surface area (Å²) in [5, 5.41) is 5.32. The Kier molecular flexibility index (Phi) is 8.11. The predicted molar refractivity (Wildman–Crippen MR) is 90.5 cm³/mol. The lowest BCUT2D eigenvalue weighted by Crippen LogP contribution is -2.26. The van der Waals surface area contributed by atoms with Crippen LogP contribution < -0.4 is 10.6 Å². The van der Waals surface area contributed by atoms with Crippen LogP contribution in [-0.2, 0) is 11.3 Å². The number of hydrogen-bond donors (Lipinski definition) is 2. The van der Waals surface area contributed by atoms with Crippen molar-refractivity contribution in [3.8, 4) is 0 Å². The molecule has 23 heavy (non-hydrogen) atoms. The van der Waals surface area contributed by atoms with Gasteiger partial charge in [-0.15, -0.1) is 0 Å². The number of hydrogen-bond acceptors (Lipinski definition) is 4. The first kappa shape index (κ1) is 19.0. The second kappa shape index (κ2) is 9.84. The molecule has 0 heterocycles. The number of carbonyl (C=O) groups excluding carboxylic acids is 2. The third kappa shape index (κ3) is 7.15. The van der Waals surface area contributed by atoms with Crippen LogP contribution in [0.2, 0.25) is 0 Å². The van der Waals surface area contributed by atoms with Crippen molar-refractivity contribution in [3.05, 3.63) is 34.9 Å². The highest BCUT2D eigenvalue weighted by atomic mass is 16.5. The molecule has 0 bridgehead atoms. The van der Waals surface area contributed by atoms with E-state index < -0.39 is 6.09 Å². The summed E-state index contributed by atoms with van der Waals surface area (Å²) in [6, 6.07) is 5.49. The van der Waals surface area contributed by atoms with Gasteiger partial charge >= 0.3 is 6.09 Å². The average Bonchev–Trinajstić information content (AvgIpc) is 2.52. The third-order valence-electron chi connectivity index (χ3n) is 3.40. The quantitative estimate of drug-likeness (QED) is 0.718. The molecule has 0 aliphatic carbocycles. The molecule has 6 nitrogen and oxygen atoms in total. The maximum absolute atomic E-state index is 11.9. The number of ether oxygens (including phenoxy) is 1. The monoisotopic (exact) mass is 321 g/mol. The van der Waals surface area contributed by atoms with Crippen molar-refractivity contribution in [1.29, 1.82) is 0 Å². The number of rotatable bonds is 8. The normalized spacial score (nSPS) is 10.5. The fourth-order valence-electron chi connectivity index (χ4n) is 2.10. The lowest BCUT2D eigenvalue weighted by Gasteiger charge is -2.12. The van der Waals surface area contributed by atoms with Crippen molar-refractivity contribution in [2.24, 2.45) is 0 Å². The van der Waals surface area contributed by atoms with Gasteiger partial charge in [-0.3, -0.25) is 4.79 Å². The highest BCUT2D eigenvalue weighted by Gasteiger charge is 2.12. The summed E-state index contributed by atoms with van der Waals surface area (Å²) >= 11 is 0. The van der Waals surface area contributed by atoms with Crippen molar-refractivity contribution >= 4 is 12.0 Å². The number of amides is 2. The van der Waals surface area contributed by atoms with Crippen molar-refractivity contribution in [1.82, 2.24) is 15.5 Å². The zero-order chi connectivity index (χ0) is 17.2. The maximum Gasteiger partial charge on any atom is 0.407 e. The average molecular weight is 321 g/mol. The highest BCUT2D eigenvalue weighted by molar-refractivity contribution is 5.95. The number of nitrogens with zero attached hydrogens (tertiary/aromatic N) is 1. The van der Waals surface area contributed by atoms with Gasteiger partial charge in [-0.2, -0.15) is 0 Å². The lowest BCUT2D eigenvalue weighted by molar-refractivity contribution is 0.0956. The zero-order valence-electron chi connectivity index (χ0n) is 14.4. The van der Waals surface area contributed by atoms with Gasteiger partial charge in [0.2, 0.25) is 0 Å². The van der Waals surface area contributed by atoms with Gasteiger partial charge in [0, 0.05) is 24.7 Å². The first-order valence-electron chi connectivity index (χ1n) is 7.81. The second-order valence-electron chi connectivity index (χ2n) is 5.75. The number of unbranched alkanes of at least 4 members (excludes halogenated alkanes) is 1. The molecule has 0 aliphatic rings. The van der Waals surface area contributed by atoms with Gasteiger partial charge in [0.15, 0.2) is 0 Å². The molecule has 2 amide bonds. The minimum absolute atomic E-state index is 0.0760. The molecule has 1 aromatic rings. The fourth-order valence-corrected chi connectivity index (χ4v) is 2.10. The van der Waals surface area contributed by atoms with Crippen molar-refractivity contribution < 1.29 is 14.3 Å². The molecule has 1 rings (SSSR count). The first-order chi connectivity index (χ1) is 10.9. The lowest BCUT2D eigenvalue weighted by atomic mass is 10.0. The molecule has 0 spiro atoms. The largest absolute Gasteiger partial charge is 0.445 e. The van der Waals surface area contributed by atoms with Gasteiger partial charge in [-0.25, -0.2) is 4.79 Å². The Balaban J connectivity index is 2.42. The van der Waals surface area contributed by atoms with E-state index in [9.17, 15) is 9.59 Å². The van der Waals surface area contributed by atoms with E-state index in [1.54, 1.807) is 13.1 Å². The van der Waals surface area contributed by atoms with Crippen molar-refractivity contribution in [2.45, 2.75) is 26.4 Å². The molecule has 1 aromatic carbocycles. The molecule has 6 heteroatoms. The van der Waals surface area contributed by atoms with Gasteiger partial charge in [0.1, 0.15) is 6.61 Å². The summed E-state index contributed by atoms with van der Waals surface area (Å²) in [4.78, 5) is 25.7. The van der Waals surface area contributed by atoms with E-state index in [-0.39, 0.29) is 12.5 Å². The molecule has 0 atom stereocenters. The maximum atomic E-state index is 11.9. The van der Waals surface area contributed by atoms with Crippen LogP contribution in [0, 0.1) is 6.92 Å². The topological polar surface area (TPSA) is 70.7 Å². The van der Waals surface area contributed by atoms with Gasteiger partial charge in [0.05, 0.1) is 0 Å². The van der Waals surface area contributed by atoms with Crippen LogP contribution in [0.15, 0.2) is 18.2 Å². The second-order valence-corrected chi connectivity index (χ2v) is 5.75. The molecular formula is C17H27N3O3. The molecule has 0 unspecified atom stereocenters. The van der Waals surface area contributed by atoms with Crippen LogP contribution in [0.3, 0.4) is 0 Å².